The highest BCUT2D eigenvalue weighted by molar-refractivity contribution is 7.82. The third-order valence-corrected chi connectivity index (χ3v) is 16.9. The number of hydrogen-bond acceptors (Lipinski definition) is 28. The molecule has 7 rings (SSSR count). The van der Waals surface area contributed by atoms with Crippen molar-refractivity contribution < 1.29 is 120 Å². The van der Waals surface area contributed by atoms with E-state index in [9.17, 15) is 74.9 Å². The van der Waals surface area contributed by atoms with Gasteiger partial charge in [0.2, 0.25) is 24.4 Å². The Morgan fingerprint density at radius 3 is 1.40 bits per heavy atom. The van der Waals surface area contributed by atoms with Gasteiger partial charge in [-0.1, -0.05) is 35.1 Å². The number of piperidine rings is 4. The summed E-state index contributed by atoms with van der Waals surface area (Å²) >= 11 is 0. The molecular formula is C59H93N9O27S2. The first kappa shape index (κ1) is 81.6. The number of carbonyl (C=O) groups excluding carboxylic acids is 10. The Morgan fingerprint density at radius 2 is 1.01 bits per heavy atom. The van der Waals surface area contributed by atoms with Crippen molar-refractivity contribution in [1.29, 1.82) is 0 Å². The molecule has 6 atom stereocenters. The zero-order valence-electron chi connectivity index (χ0n) is 55.8. The Hall–Kier alpha value is -7.78. The molecule has 4 bridgehead atoms. The number of urea groups is 2. The normalized spacial score (nSPS) is 20.3. The SMILES string of the molecule is C.CC(OC(=O)Oc1ccc([N+](=O)[O-])cc1)OC(=O)C(C)C.CCOC(=O)C(C)(C)COS(=O)(=O)ON1C(=O)N2C[C@H]1CC[C@H]2C(=O)NC1CCN(C(=O)OC(C)OC(=O)C(C)C)CC1.CCOC(=O)C(C)(C)COS(=O)(=O)ON1C(=O)N2C[C@H]1CC[C@H]2C(=O)NC1CCNCC1. The molecule has 38 heteroatoms. The number of non-ortho nitro benzene ring substituents is 1. The van der Waals surface area contributed by atoms with E-state index in [4.69, 9.17) is 50.1 Å². The lowest BCUT2D eigenvalue weighted by molar-refractivity contribution is -0.384. The number of amides is 7. The summed E-state index contributed by atoms with van der Waals surface area (Å²) in [4.78, 5) is 136. The number of ether oxygens (including phenoxy) is 7. The first-order chi connectivity index (χ1) is 44.9. The van der Waals surface area contributed by atoms with Gasteiger partial charge in [-0.25, -0.2) is 27.5 Å². The molecule has 0 saturated carbocycles. The van der Waals surface area contributed by atoms with Crippen LogP contribution in [0.1, 0.15) is 142 Å². The van der Waals surface area contributed by atoms with E-state index >= 15 is 0 Å². The summed E-state index contributed by atoms with van der Waals surface area (Å²) in [6.45, 7) is 20.3. The molecule has 0 spiro atoms. The number of nitro benzene ring substituents is 1. The monoisotopic (exact) mass is 1420 g/mol. The van der Waals surface area contributed by atoms with Crippen LogP contribution in [0.25, 0.3) is 0 Å². The molecule has 0 radical (unpaired) electrons. The largest absolute Gasteiger partial charge is 0.516 e. The minimum Gasteiger partial charge on any atom is -0.466 e. The van der Waals surface area contributed by atoms with Crippen LogP contribution in [0, 0.1) is 32.8 Å². The van der Waals surface area contributed by atoms with E-state index in [2.05, 4.69) is 16.0 Å². The number of nitrogens with zero attached hydrogens (tertiary/aromatic N) is 6. The lowest BCUT2D eigenvalue weighted by atomic mass is 9.95. The van der Waals surface area contributed by atoms with Crippen molar-refractivity contribution in [2.75, 3.05) is 65.7 Å². The van der Waals surface area contributed by atoms with Crippen LogP contribution in [0.3, 0.4) is 0 Å². The number of benzene rings is 1. The van der Waals surface area contributed by atoms with Crippen LogP contribution in [-0.2, 0) is 94.9 Å². The highest BCUT2D eigenvalue weighted by Gasteiger charge is 2.52. The van der Waals surface area contributed by atoms with Crippen LogP contribution in [0.15, 0.2) is 24.3 Å². The van der Waals surface area contributed by atoms with Gasteiger partial charge in [0, 0.05) is 64.2 Å². The predicted octanol–water partition coefficient (Wildman–Crippen LogP) is 4.50. The molecule has 6 fully saturated rings. The first-order valence-corrected chi connectivity index (χ1v) is 34.1. The summed E-state index contributed by atoms with van der Waals surface area (Å²) < 4.78 is 104. The molecular weight excluding hydrogens is 1330 g/mol. The highest BCUT2D eigenvalue weighted by atomic mass is 32.3. The fraction of sp³-hybridized carbons (Fsp3) is 0.729. The number of nitrogens with one attached hydrogen (secondary N) is 3. The fourth-order valence-corrected chi connectivity index (χ4v) is 11.7. The van der Waals surface area contributed by atoms with Gasteiger partial charge in [-0.15, -0.1) is 8.57 Å². The van der Waals surface area contributed by atoms with E-state index in [0.717, 1.165) is 31.0 Å². The Labute approximate surface area is 564 Å². The van der Waals surface area contributed by atoms with E-state index in [1.54, 1.807) is 41.5 Å². The molecule has 6 aliphatic heterocycles. The average Bonchev–Trinajstić information content (AvgIpc) is 1.63. The Bertz CT molecular complexity index is 3160. The van der Waals surface area contributed by atoms with Gasteiger partial charge in [-0.3, -0.25) is 38.9 Å². The van der Waals surface area contributed by atoms with Gasteiger partial charge in [0.25, 0.3) is 5.69 Å². The van der Waals surface area contributed by atoms with Gasteiger partial charge in [0.15, 0.2) is 0 Å². The maximum Gasteiger partial charge on any atom is 0.516 e. The van der Waals surface area contributed by atoms with Gasteiger partial charge in [-0.2, -0.15) is 27.0 Å². The summed E-state index contributed by atoms with van der Waals surface area (Å²) in [6, 6.07) is 0.571. The highest BCUT2D eigenvalue weighted by Crippen LogP contribution is 2.34. The Morgan fingerprint density at radius 1 is 0.608 bits per heavy atom. The molecule has 2 unspecified atom stereocenters. The lowest BCUT2D eigenvalue weighted by Gasteiger charge is -2.34. The number of likely N-dealkylation sites (tertiary alicyclic amines) is 1. The van der Waals surface area contributed by atoms with Crippen molar-refractivity contribution in [3.63, 3.8) is 0 Å². The number of nitro groups is 1. The zero-order valence-corrected chi connectivity index (χ0v) is 57.5. The lowest BCUT2D eigenvalue weighted by Crippen LogP contribution is -2.54. The molecule has 6 saturated heterocycles. The third-order valence-electron chi connectivity index (χ3n) is 15.4. The molecule has 7 amide bonds. The minimum absolute atomic E-state index is 0. The maximum atomic E-state index is 13.1. The topological polar surface area (TPSA) is 436 Å². The molecule has 0 aromatic heterocycles. The summed E-state index contributed by atoms with van der Waals surface area (Å²) in [5.74, 6) is -3.50. The van der Waals surface area contributed by atoms with Crippen molar-refractivity contribution in [2.24, 2.45) is 22.7 Å². The molecule has 36 nitrogen and oxygen atoms in total. The van der Waals surface area contributed by atoms with Gasteiger partial charge < -0.3 is 63.8 Å². The van der Waals surface area contributed by atoms with Crippen molar-refractivity contribution in [3.05, 3.63) is 34.4 Å². The first-order valence-electron chi connectivity index (χ1n) is 31.4. The van der Waals surface area contributed by atoms with Crippen LogP contribution >= 0.6 is 0 Å². The number of hydroxylamine groups is 4. The van der Waals surface area contributed by atoms with Gasteiger partial charge >= 0.3 is 69.0 Å². The average molecular weight is 1420 g/mol. The number of fused-ring (bicyclic) bond motifs is 4. The second kappa shape index (κ2) is 36.2. The van der Waals surface area contributed by atoms with Crippen LogP contribution in [0.4, 0.5) is 24.9 Å². The summed E-state index contributed by atoms with van der Waals surface area (Å²) in [7, 11) is -9.32. The third kappa shape index (κ3) is 24.3. The molecule has 1 aromatic carbocycles. The fourth-order valence-electron chi connectivity index (χ4n) is 9.98. The molecule has 97 heavy (non-hydrogen) atoms. The van der Waals surface area contributed by atoms with Crippen LogP contribution < -0.4 is 20.7 Å². The van der Waals surface area contributed by atoms with E-state index in [1.807, 2.05) is 0 Å². The van der Waals surface area contributed by atoms with E-state index in [-0.39, 0.29) is 87.3 Å². The van der Waals surface area contributed by atoms with E-state index in [0.29, 0.717) is 50.3 Å². The summed E-state index contributed by atoms with van der Waals surface area (Å²) in [6.07, 6.45) is 0.121. The quantitative estimate of drug-likeness (QED) is 0.0287. The van der Waals surface area contributed by atoms with Crippen molar-refractivity contribution in [1.82, 2.24) is 40.8 Å². The van der Waals surface area contributed by atoms with Gasteiger partial charge in [-0.05, 0) is 118 Å². The van der Waals surface area contributed by atoms with Crippen molar-refractivity contribution in [3.8, 4) is 5.75 Å². The van der Waals surface area contributed by atoms with Crippen LogP contribution in [0.2, 0.25) is 0 Å². The number of esters is 4. The summed E-state index contributed by atoms with van der Waals surface area (Å²) in [5, 5.41) is 21.1. The van der Waals surface area contributed by atoms with Crippen LogP contribution in [-0.4, -0.2) is 221 Å². The summed E-state index contributed by atoms with van der Waals surface area (Å²) in [5.41, 5.74) is -2.63. The minimum atomic E-state index is -4.71. The number of hydrogen-bond donors (Lipinski definition) is 3. The predicted molar refractivity (Wildman–Crippen MR) is 335 cm³/mol. The maximum absolute atomic E-state index is 13.1. The number of carbonyl (C=O) groups is 10. The van der Waals surface area contributed by atoms with Crippen molar-refractivity contribution in [2.45, 2.75) is 191 Å². The van der Waals surface area contributed by atoms with Gasteiger partial charge in [0.1, 0.15) is 17.8 Å². The molecule has 0 aliphatic carbocycles. The molecule has 3 N–H and O–H groups in total. The second-order valence-electron chi connectivity index (χ2n) is 24.9. The van der Waals surface area contributed by atoms with Crippen molar-refractivity contribution >= 4 is 86.5 Å². The van der Waals surface area contributed by atoms with Crippen LogP contribution in [0.5, 0.6) is 5.75 Å². The Kier molecular flexibility index (Phi) is 30.4. The molecule has 6 aliphatic rings. The molecule has 6 heterocycles. The van der Waals surface area contributed by atoms with E-state index < -0.39 is 135 Å². The standard InChI is InChI=1S/C26H42N4O12S.C19H32N4O8S.C13H15NO7.CH4/c1-7-38-23(33)26(5,6)15-39-43(36,37)42-30-19-8-9-20(29(14-19)24(30)34)21(31)27-18-10-12-28(13-11-18)25(35)41-17(4)40-22(32)16(2)3;1-4-29-17(25)19(2,3)12-30-32(27,28)31-23-14-5-6-15(22(11-14)18(23)26)16(24)21-13-7-9-20-10-8-13;1-8(2)12(15)19-9(3)20-13(16)21-11-6-4-10(5-7-11)14(17)18;/h16-20H,7-15H2,1-6H3,(H,27,31);13-15,20H,4-12H2,1-3H3,(H,21,24);4-9H,1-3H3;1H4/t17?,19-,20+;14-,15+;;/m11../s1. The second-order valence-corrected chi connectivity index (χ2v) is 27.3. The smallest absolute Gasteiger partial charge is 0.466 e. The number of rotatable bonds is 26. The van der Waals surface area contributed by atoms with Gasteiger partial charge in [0.05, 0.1) is 66.1 Å². The van der Waals surface area contributed by atoms with E-state index in [1.165, 1.54) is 80.5 Å². The molecule has 548 valence electrons. The molecule has 1 aromatic rings. The zero-order chi connectivity index (χ0) is 71.6. The Balaban J connectivity index is 0.000000327.